The summed E-state index contributed by atoms with van der Waals surface area (Å²) in [6, 6.07) is 24.1. The minimum Gasteiger partial charge on any atom is -0.748 e. The number of rotatable bonds is 1. The van der Waals surface area contributed by atoms with Crippen molar-refractivity contribution in [1.29, 1.82) is 0 Å². The first-order valence-electron chi connectivity index (χ1n) is 5.26. The van der Waals surface area contributed by atoms with E-state index in [9.17, 15) is 0 Å². The van der Waals surface area contributed by atoms with Crippen molar-refractivity contribution < 1.29 is 17.1 Å². The minimum atomic E-state index is 0. The predicted molar refractivity (Wildman–Crippen MR) is 67.3 cm³/mol. The Labute approximate surface area is 112 Å². The van der Waals surface area contributed by atoms with Crippen LogP contribution in [-0.2, 0) is 17.1 Å². The van der Waals surface area contributed by atoms with Gasteiger partial charge < -0.3 is 30.3 Å². The van der Waals surface area contributed by atoms with E-state index < -0.39 is 0 Å². The van der Waals surface area contributed by atoms with Crippen LogP contribution in [0.5, 0.6) is 0 Å². The average molecular weight is 263 g/mol. The molecule has 0 amide bonds. The Balaban J connectivity index is 0.000000205. The molecule has 0 N–H and O–H groups in total. The molecule has 0 unspecified atom stereocenters. The third-order valence-corrected chi connectivity index (χ3v) is 2.18. The Hall–Kier alpha value is -1.63. The van der Waals surface area contributed by atoms with Crippen molar-refractivity contribution in [2.75, 3.05) is 0 Å². The van der Waals surface area contributed by atoms with Gasteiger partial charge in [-0.3, -0.25) is 4.98 Å². The van der Waals surface area contributed by atoms with E-state index in [0.717, 1.165) is 5.69 Å². The van der Waals surface area contributed by atoms with Gasteiger partial charge in [-0.1, -0.05) is 17.7 Å². The first-order valence-corrected chi connectivity index (χ1v) is 5.26. The van der Waals surface area contributed by atoms with Crippen molar-refractivity contribution in [3.05, 3.63) is 79.0 Å². The molecule has 0 bridgehead atoms. The number of nitrogens with zero attached hydrogens (tertiary/aromatic N) is 1. The Morgan fingerprint density at radius 3 is 1.88 bits per heavy atom. The van der Waals surface area contributed by atoms with Gasteiger partial charge in [0.05, 0.1) is 0 Å². The average Bonchev–Trinajstić information content (AvgIpc) is 3.07. The molecule has 3 rings (SSSR count). The molecule has 0 atom stereocenters. The minimum absolute atomic E-state index is 0. The van der Waals surface area contributed by atoms with Crippen LogP contribution in [0.4, 0.5) is 0 Å². The summed E-state index contributed by atoms with van der Waals surface area (Å²) >= 11 is 0. The van der Waals surface area contributed by atoms with E-state index in [4.69, 9.17) is 0 Å². The van der Waals surface area contributed by atoms with Crippen LogP contribution in [0.15, 0.2) is 79.0 Å². The molecule has 1 aromatic heterocycles. The van der Waals surface area contributed by atoms with Crippen LogP contribution in [0.1, 0.15) is 0 Å². The van der Waals surface area contributed by atoms with E-state index >= 15 is 0 Å². The second kappa shape index (κ2) is 7.61. The largest absolute Gasteiger partial charge is 0.748 e. The molecule has 0 aliphatic carbocycles. The maximum absolute atomic E-state index is 4.22. The van der Waals surface area contributed by atoms with Crippen LogP contribution in [0.25, 0.3) is 11.3 Å². The summed E-state index contributed by atoms with van der Waals surface area (Å²) < 4.78 is 0. The molecule has 2 aromatic carbocycles. The molecule has 1 heterocycles. The first kappa shape index (κ1) is 13.4. The normalized spacial score (nSPS) is 8.71. The van der Waals surface area contributed by atoms with E-state index in [1.54, 1.807) is 0 Å². The Morgan fingerprint density at radius 1 is 0.824 bits per heavy atom. The molecule has 3 aromatic rings. The Bertz CT molecular complexity index is 452. The molecule has 92 valence electrons. The summed E-state index contributed by atoms with van der Waals surface area (Å²) in [4.78, 5) is 4.22. The van der Waals surface area contributed by atoms with Gasteiger partial charge in [-0.05, 0) is 5.69 Å². The predicted octanol–water partition coefficient (Wildman–Crippen LogP) is 3.87. The van der Waals surface area contributed by atoms with Gasteiger partial charge in [-0.2, -0.15) is 12.1 Å². The van der Waals surface area contributed by atoms with Crippen molar-refractivity contribution in [3.8, 4) is 11.3 Å². The molecule has 0 saturated heterocycles. The van der Waals surface area contributed by atoms with Crippen LogP contribution >= 0.6 is 0 Å². The topological polar surface area (TPSA) is 12.9 Å². The second-order valence-electron chi connectivity index (χ2n) is 3.35. The maximum atomic E-state index is 4.22. The summed E-state index contributed by atoms with van der Waals surface area (Å²) in [6.45, 7) is 0. The first-order chi connectivity index (χ1) is 7.97. The zero-order valence-corrected chi connectivity index (χ0v) is 10.4. The van der Waals surface area contributed by atoms with Gasteiger partial charge in [-0.25, -0.2) is 0 Å². The fourth-order valence-electron chi connectivity index (χ4n) is 1.40. The van der Waals surface area contributed by atoms with Gasteiger partial charge in [0.25, 0.3) is 0 Å². The smallest absolute Gasteiger partial charge is 0.0247 e. The van der Waals surface area contributed by atoms with Gasteiger partial charge in [0.15, 0.2) is 0 Å². The van der Waals surface area contributed by atoms with Gasteiger partial charge >= 0.3 is 0 Å². The third kappa shape index (κ3) is 4.39. The van der Waals surface area contributed by atoms with E-state index in [-0.39, 0.29) is 17.1 Å². The van der Waals surface area contributed by atoms with E-state index in [2.05, 4.69) is 17.1 Å². The van der Waals surface area contributed by atoms with Crippen LogP contribution in [0.2, 0.25) is 0 Å². The monoisotopic (exact) mass is 263 g/mol. The standard InChI is InChI=1S/C10H8N.C5H5.Fe/c1-2-6-9(5-1)10-7-3-4-8-11-10;1-2-4-5-3-1;/h1-8H;1-5H;/q-1;-5;. The molecule has 1 nitrogen and oxygen atoms in total. The number of aromatic nitrogens is 1. The fourth-order valence-corrected chi connectivity index (χ4v) is 1.40. The molecule has 17 heavy (non-hydrogen) atoms. The summed E-state index contributed by atoms with van der Waals surface area (Å²) in [5, 5.41) is 0. The molecule has 0 radical (unpaired) electrons. The van der Waals surface area contributed by atoms with Gasteiger partial charge in [-0.15, -0.1) is 18.2 Å². The molecular formula is C15H13FeN-6. The third-order valence-electron chi connectivity index (χ3n) is 2.18. The zero-order valence-electron chi connectivity index (χ0n) is 9.31. The quantitative estimate of drug-likeness (QED) is 0.479. The Kier molecular flexibility index (Phi) is 6.02. The fraction of sp³-hybridized carbons (Fsp3) is 0. The van der Waals surface area contributed by atoms with Gasteiger partial charge in [0.2, 0.25) is 0 Å². The Morgan fingerprint density at radius 2 is 1.41 bits per heavy atom. The van der Waals surface area contributed by atoms with E-state index in [0.29, 0.717) is 0 Å². The second-order valence-corrected chi connectivity index (χ2v) is 3.35. The van der Waals surface area contributed by atoms with Crippen molar-refractivity contribution in [2.45, 2.75) is 0 Å². The molecule has 2 heteroatoms. The molecule has 0 saturated carbocycles. The number of pyridine rings is 1. The van der Waals surface area contributed by atoms with Gasteiger partial charge in [0.1, 0.15) is 0 Å². The van der Waals surface area contributed by atoms with Crippen molar-refractivity contribution in [2.24, 2.45) is 0 Å². The number of hydrogen-bond acceptors (Lipinski definition) is 1. The molecule has 0 aliphatic rings. The molecule has 0 aliphatic heterocycles. The molecule has 0 fully saturated rings. The molecule has 0 spiro atoms. The summed E-state index contributed by atoms with van der Waals surface area (Å²) in [5.41, 5.74) is 2.23. The molecular weight excluding hydrogens is 250 g/mol. The summed E-state index contributed by atoms with van der Waals surface area (Å²) in [5.74, 6) is 0. The van der Waals surface area contributed by atoms with E-state index in [1.165, 1.54) is 5.56 Å². The van der Waals surface area contributed by atoms with Crippen LogP contribution in [-0.4, -0.2) is 4.98 Å². The van der Waals surface area contributed by atoms with E-state index in [1.807, 2.05) is 66.9 Å². The van der Waals surface area contributed by atoms with Crippen molar-refractivity contribution >= 4 is 0 Å². The van der Waals surface area contributed by atoms with Gasteiger partial charge in [0, 0.05) is 23.3 Å². The summed E-state index contributed by atoms with van der Waals surface area (Å²) in [6.07, 6.45) is 1.81. The van der Waals surface area contributed by atoms with Crippen LogP contribution in [0, 0.1) is 0 Å². The summed E-state index contributed by atoms with van der Waals surface area (Å²) in [7, 11) is 0. The van der Waals surface area contributed by atoms with Crippen molar-refractivity contribution in [3.63, 3.8) is 0 Å². The SMILES string of the molecule is [Fe].[cH-]1[cH-][cH-][cH-][cH-]1.c1ccc(-[c-]2cccc2)nc1. The zero-order chi connectivity index (χ0) is 11.1. The maximum Gasteiger partial charge on any atom is 0.0247 e. The van der Waals surface area contributed by atoms with Crippen LogP contribution in [0.3, 0.4) is 0 Å². The number of hydrogen-bond donors (Lipinski definition) is 0. The van der Waals surface area contributed by atoms with Crippen LogP contribution < -0.4 is 0 Å². The van der Waals surface area contributed by atoms with Crippen molar-refractivity contribution in [1.82, 2.24) is 4.98 Å².